The molecule has 0 unspecified atom stereocenters. The zero-order chi connectivity index (χ0) is 19.1. The van der Waals surface area contributed by atoms with E-state index in [0.717, 1.165) is 16.8 Å². The third-order valence-corrected chi connectivity index (χ3v) is 5.00. The van der Waals surface area contributed by atoms with Crippen molar-refractivity contribution in [1.29, 1.82) is 0 Å². The number of anilines is 2. The van der Waals surface area contributed by atoms with Crippen molar-refractivity contribution < 1.29 is 14.3 Å². The minimum atomic E-state index is -0.348. The van der Waals surface area contributed by atoms with E-state index in [0.29, 0.717) is 11.4 Å². The smallest absolute Gasteiger partial charge is 0.237 e. The van der Waals surface area contributed by atoms with Crippen LogP contribution in [-0.4, -0.2) is 29.9 Å². The lowest BCUT2D eigenvalue weighted by molar-refractivity contribution is -0.115. The van der Waals surface area contributed by atoms with Crippen LogP contribution < -0.4 is 15.4 Å². The number of amides is 2. The molecular formula is C20H24N2O3S. The van der Waals surface area contributed by atoms with Crippen molar-refractivity contribution in [3.63, 3.8) is 0 Å². The molecule has 5 nitrogen and oxygen atoms in total. The van der Waals surface area contributed by atoms with E-state index in [1.165, 1.54) is 11.8 Å². The number of carbonyl (C=O) groups excluding carboxylic acids is 2. The predicted octanol–water partition coefficient (Wildman–Crippen LogP) is 4.01. The lowest BCUT2D eigenvalue weighted by Crippen LogP contribution is -2.25. The van der Waals surface area contributed by atoms with Crippen LogP contribution in [0, 0.1) is 13.8 Å². The van der Waals surface area contributed by atoms with Crippen molar-refractivity contribution in [3.8, 4) is 5.75 Å². The first kappa shape index (κ1) is 19.8. The summed E-state index contributed by atoms with van der Waals surface area (Å²) in [5, 5.41) is 5.37. The molecule has 0 bridgehead atoms. The number of ether oxygens (including phenoxy) is 1. The third kappa shape index (κ3) is 5.52. The summed E-state index contributed by atoms with van der Waals surface area (Å²) in [6.45, 7) is 5.76. The van der Waals surface area contributed by atoms with E-state index < -0.39 is 0 Å². The molecule has 2 amide bonds. The third-order valence-electron chi connectivity index (χ3n) is 3.85. The first-order valence-corrected chi connectivity index (χ1v) is 9.38. The molecule has 0 fully saturated rings. The molecule has 0 heterocycles. The molecular weight excluding hydrogens is 348 g/mol. The number of para-hydroxylation sites is 2. The molecule has 2 N–H and O–H groups in total. The van der Waals surface area contributed by atoms with Crippen LogP contribution in [0.3, 0.4) is 0 Å². The molecule has 6 heteroatoms. The van der Waals surface area contributed by atoms with Gasteiger partial charge in [-0.3, -0.25) is 9.59 Å². The van der Waals surface area contributed by atoms with Crippen LogP contribution in [0.1, 0.15) is 18.1 Å². The number of benzene rings is 2. The van der Waals surface area contributed by atoms with Gasteiger partial charge in [0.05, 0.1) is 23.8 Å². The highest BCUT2D eigenvalue weighted by molar-refractivity contribution is 8.01. The molecule has 26 heavy (non-hydrogen) atoms. The maximum atomic E-state index is 12.3. The summed E-state index contributed by atoms with van der Waals surface area (Å²) in [7, 11) is 1.55. The molecule has 0 aliphatic rings. The standard InChI is InChI=1S/C20H24N2O3S/c1-13-9-10-16(14(2)11-13)22-20(24)15(3)26-12-19(23)21-17-7-5-6-8-18(17)25-4/h5-11,15H,12H2,1-4H3,(H,21,23)(H,22,24)/t15-/m0/s1. The Hall–Kier alpha value is -2.47. The van der Waals surface area contributed by atoms with Crippen LogP contribution in [-0.2, 0) is 9.59 Å². The van der Waals surface area contributed by atoms with Gasteiger partial charge in [0.25, 0.3) is 0 Å². The van der Waals surface area contributed by atoms with Gasteiger partial charge >= 0.3 is 0 Å². The molecule has 0 spiro atoms. The van der Waals surface area contributed by atoms with Crippen LogP contribution in [0.25, 0.3) is 0 Å². The second-order valence-electron chi connectivity index (χ2n) is 6.01. The fourth-order valence-electron chi connectivity index (χ4n) is 2.40. The van der Waals surface area contributed by atoms with E-state index in [1.807, 2.05) is 44.2 Å². The van der Waals surface area contributed by atoms with Gasteiger partial charge in [-0.15, -0.1) is 11.8 Å². The number of carbonyl (C=O) groups is 2. The van der Waals surface area contributed by atoms with Crippen LogP contribution in [0.2, 0.25) is 0 Å². The number of nitrogens with one attached hydrogen (secondary N) is 2. The molecule has 138 valence electrons. The van der Waals surface area contributed by atoms with Crippen molar-refractivity contribution in [2.45, 2.75) is 26.0 Å². The van der Waals surface area contributed by atoms with Crippen LogP contribution in [0.15, 0.2) is 42.5 Å². The molecule has 0 aliphatic heterocycles. The molecule has 2 aromatic carbocycles. The van der Waals surface area contributed by atoms with Gasteiger partial charge in [0.1, 0.15) is 5.75 Å². The first-order chi connectivity index (χ1) is 12.4. The van der Waals surface area contributed by atoms with E-state index >= 15 is 0 Å². The maximum absolute atomic E-state index is 12.3. The molecule has 2 aromatic rings. The molecule has 2 rings (SSSR count). The van der Waals surface area contributed by atoms with Crippen molar-refractivity contribution in [2.75, 3.05) is 23.5 Å². The Morgan fingerprint density at radius 1 is 1.08 bits per heavy atom. The summed E-state index contributed by atoms with van der Waals surface area (Å²) in [4.78, 5) is 24.5. The molecule has 1 atom stereocenters. The first-order valence-electron chi connectivity index (χ1n) is 8.33. The van der Waals surface area contributed by atoms with Crippen LogP contribution in [0.4, 0.5) is 11.4 Å². The predicted molar refractivity (Wildman–Crippen MR) is 108 cm³/mol. The maximum Gasteiger partial charge on any atom is 0.237 e. The summed E-state index contributed by atoms with van der Waals surface area (Å²) in [5.74, 6) is 0.490. The topological polar surface area (TPSA) is 67.4 Å². The highest BCUT2D eigenvalue weighted by atomic mass is 32.2. The molecule has 0 saturated carbocycles. The Morgan fingerprint density at radius 2 is 1.81 bits per heavy atom. The number of methoxy groups -OCH3 is 1. The van der Waals surface area contributed by atoms with Gasteiger partial charge in [0.15, 0.2) is 0 Å². The number of hydrogen-bond donors (Lipinski definition) is 2. The molecule has 0 aromatic heterocycles. The average Bonchev–Trinajstić information content (AvgIpc) is 2.62. The highest BCUT2D eigenvalue weighted by Crippen LogP contribution is 2.24. The van der Waals surface area contributed by atoms with Gasteiger partial charge < -0.3 is 15.4 Å². The molecule has 0 aliphatic carbocycles. The monoisotopic (exact) mass is 372 g/mol. The molecule has 0 saturated heterocycles. The highest BCUT2D eigenvalue weighted by Gasteiger charge is 2.16. The van der Waals surface area contributed by atoms with E-state index in [-0.39, 0.29) is 22.8 Å². The Bertz CT molecular complexity index is 792. The quantitative estimate of drug-likeness (QED) is 0.771. The fraction of sp³-hybridized carbons (Fsp3) is 0.300. The van der Waals surface area contributed by atoms with Gasteiger partial charge in [-0.2, -0.15) is 0 Å². The SMILES string of the molecule is COc1ccccc1NC(=O)CS[C@@H](C)C(=O)Nc1ccc(C)cc1C. The number of aryl methyl sites for hydroxylation is 2. The van der Waals surface area contributed by atoms with Crippen molar-refractivity contribution in [3.05, 3.63) is 53.6 Å². The van der Waals surface area contributed by atoms with E-state index in [4.69, 9.17) is 4.74 Å². The Balaban J connectivity index is 1.86. The number of thioether (sulfide) groups is 1. The number of rotatable bonds is 7. The average molecular weight is 372 g/mol. The zero-order valence-corrected chi connectivity index (χ0v) is 16.3. The second kappa shape index (κ2) is 9.29. The van der Waals surface area contributed by atoms with E-state index in [1.54, 1.807) is 26.2 Å². The normalized spacial score (nSPS) is 11.5. The zero-order valence-electron chi connectivity index (χ0n) is 15.5. The Labute approximate surface area is 158 Å². The van der Waals surface area contributed by atoms with Crippen molar-refractivity contribution >= 4 is 35.0 Å². The van der Waals surface area contributed by atoms with Crippen molar-refractivity contribution in [1.82, 2.24) is 0 Å². The van der Waals surface area contributed by atoms with Crippen molar-refractivity contribution in [2.24, 2.45) is 0 Å². The van der Waals surface area contributed by atoms with Gasteiger partial charge in [0, 0.05) is 5.69 Å². The Morgan fingerprint density at radius 3 is 2.50 bits per heavy atom. The fourth-order valence-corrected chi connectivity index (χ4v) is 3.08. The minimum Gasteiger partial charge on any atom is -0.495 e. The largest absolute Gasteiger partial charge is 0.495 e. The Kier molecular flexibility index (Phi) is 7.09. The lowest BCUT2D eigenvalue weighted by atomic mass is 10.1. The van der Waals surface area contributed by atoms with Gasteiger partial charge in [-0.05, 0) is 44.5 Å². The van der Waals surface area contributed by atoms with Gasteiger partial charge in [-0.1, -0.05) is 29.8 Å². The van der Waals surface area contributed by atoms with E-state index in [2.05, 4.69) is 10.6 Å². The van der Waals surface area contributed by atoms with Crippen LogP contribution in [0.5, 0.6) is 5.75 Å². The van der Waals surface area contributed by atoms with Gasteiger partial charge in [0.2, 0.25) is 11.8 Å². The van der Waals surface area contributed by atoms with Gasteiger partial charge in [-0.25, -0.2) is 0 Å². The summed E-state index contributed by atoms with van der Waals surface area (Å²) in [6, 6.07) is 13.1. The minimum absolute atomic E-state index is 0.118. The summed E-state index contributed by atoms with van der Waals surface area (Å²) in [6.07, 6.45) is 0. The van der Waals surface area contributed by atoms with E-state index in [9.17, 15) is 9.59 Å². The second-order valence-corrected chi connectivity index (χ2v) is 7.34. The summed E-state index contributed by atoms with van der Waals surface area (Å²) in [5.41, 5.74) is 3.58. The molecule has 0 radical (unpaired) electrons. The summed E-state index contributed by atoms with van der Waals surface area (Å²) >= 11 is 1.29. The lowest BCUT2D eigenvalue weighted by Gasteiger charge is -2.14. The van der Waals surface area contributed by atoms with Crippen LogP contribution >= 0.6 is 11.8 Å². The number of hydrogen-bond acceptors (Lipinski definition) is 4. The summed E-state index contributed by atoms with van der Waals surface area (Å²) < 4.78 is 5.21.